The Hall–Kier alpha value is -1.78. The number of aromatic carboxylic acids is 1. The molecule has 0 saturated carbocycles. The summed E-state index contributed by atoms with van der Waals surface area (Å²) in [5.41, 5.74) is 2.12. The maximum atomic E-state index is 11.9. The van der Waals surface area contributed by atoms with Crippen molar-refractivity contribution < 1.29 is 9.90 Å². The van der Waals surface area contributed by atoms with Crippen molar-refractivity contribution >= 4 is 29.2 Å². The van der Waals surface area contributed by atoms with Crippen molar-refractivity contribution in [3.8, 4) is 5.69 Å². The van der Waals surface area contributed by atoms with E-state index >= 15 is 0 Å². The average molecular weight is 381 g/mol. The number of allylic oxidation sites excluding steroid dienone is 2. The highest BCUT2D eigenvalue weighted by Crippen LogP contribution is 2.28. The molecule has 0 fully saturated rings. The molecule has 4 nitrogen and oxygen atoms in total. The van der Waals surface area contributed by atoms with E-state index in [1.165, 1.54) is 0 Å². The molecule has 0 spiro atoms. The Kier molecular flexibility index (Phi) is 7.09. The minimum Gasteiger partial charge on any atom is -0.478 e. The summed E-state index contributed by atoms with van der Waals surface area (Å²) < 4.78 is 1.64. The normalized spacial score (nSPS) is 11.4. The molecule has 25 heavy (non-hydrogen) atoms. The van der Waals surface area contributed by atoms with Crippen LogP contribution < -0.4 is 0 Å². The molecule has 2 rings (SSSR count). The van der Waals surface area contributed by atoms with E-state index in [1.807, 2.05) is 6.92 Å². The lowest BCUT2D eigenvalue weighted by Crippen LogP contribution is -2.07. The molecule has 134 valence electrons. The van der Waals surface area contributed by atoms with Crippen LogP contribution in [0.1, 0.15) is 54.9 Å². The van der Waals surface area contributed by atoms with E-state index < -0.39 is 5.97 Å². The fourth-order valence-electron chi connectivity index (χ4n) is 2.75. The van der Waals surface area contributed by atoms with Gasteiger partial charge in [0.25, 0.3) is 0 Å². The molecule has 1 heterocycles. The number of hydrogen-bond acceptors (Lipinski definition) is 2. The molecule has 0 aliphatic rings. The summed E-state index contributed by atoms with van der Waals surface area (Å²) in [7, 11) is 0. The molecule has 2 aromatic rings. The van der Waals surface area contributed by atoms with E-state index in [0.717, 1.165) is 19.3 Å². The molecular weight excluding hydrogens is 359 g/mol. The van der Waals surface area contributed by atoms with Crippen molar-refractivity contribution in [3.63, 3.8) is 0 Å². The van der Waals surface area contributed by atoms with E-state index in [9.17, 15) is 9.90 Å². The van der Waals surface area contributed by atoms with Crippen LogP contribution in [0.3, 0.4) is 0 Å². The maximum absolute atomic E-state index is 11.9. The quantitative estimate of drug-likeness (QED) is 0.594. The number of rotatable bonds is 8. The lowest BCUT2D eigenvalue weighted by Gasteiger charge is -2.09. The summed E-state index contributed by atoms with van der Waals surface area (Å²) in [6, 6.07) is 5.11. The fraction of sp³-hybridized carbons (Fsp3) is 0.368. The molecule has 6 heteroatoms. The highest BCUT2D eigenvalue weighted by molar-refractivity contribution is 6.34. The maximum Gasteiger partial charge on any atom is 0.339 e. The Morgan fingerprint density at radius 2 is 2.00 bits per heavy atom. The predicted octanol–water partition coefficient (Wildman–Crippen LogP) is 5.73. The SMILES string of the molecule is CCC=CCCc1nn(-c2cc(Cl)ccc2Cl)c(CCC)c1C(=O)O. The number of hydrogen-bond donors (Lipinski definition) is 1. The van der Waals surface area contributed by atoms with Crippen molar-refractivity contribution in [2.24, 2.45) is 0 Å². The van der Waals surface area contributed by atoms with Crippen LogP contribution in [0.5, 0.6) is 0 Å². The summed E-state index contributed by atoms with van der Waals surface area (Å²) in [6.45, 7) is 4.07. The number of carbonyl (C=O) groups is 1. The largest absolute Gasteiger partial charge is 0.478 e. The van der Waals surface area contributed by atoms with Crippen molar-refractivity contribution in [2.75, 3.05) is 0 Å². The lowest BCUT2D eigenvalue weighted by molar-refractivity contribution is 0.0694. The Morgan fingerprint density at radius 3 is 2.64 bits per heavy atom. The summed E-state index contributed by atoms with van der Waals surface area (Å²) in [5.74, 6) is -0.956. The van der Waals surface area contributed by atoms with Crippen LogP contribution in [0, 0.1) is 0 Å². The zero-order valence-electron chi connectivity index (χ0n) is 14.4. The van der Waals surface area contributed by atoms with Gasteiger partial charge in [0.1, 0.15) is 5.56 Å². The molecule has 0 unspecified atom stereocenters. The molecule has 0 bridgehead atoms. The van der Waals surface area contributed by atoms with Gasteiger partial charge in [-0.1, -0.05) is 55.6 Å². The topological polar surface area (TPSA) is 55.1 Å². The van der Waals surface area contributed by atoms with Crippen molar-refractivity contribution in [1.82, 2.24) is 9.78 Å². The number of aromatic nitrogens is 2. The van der Waals surface area contributed by atoms with Crippen LogP contribution >= 0.6 is 23.2 Å². The Balaban J connectivity index is 2.56. The van der Waals surface area contributed by atoms with E-state index in [0.29, 0.717) is 40.0 Å². The third-order valence-corrected chi connectivity index (χ3v) is 4.40. The molecular formula is C19H22Cl2N2O2. The minimum atomic E-state index is -0.956. The molecule has 0 saturated heterocycles. The van der Waals surface area contributed by atoms with Gasteiger partial charge in [-0.05, 0) is 43.9 Å². The van der Waals surface area contributed by atoms with E-state index in [1.54, 1.807) is 22.9 Å². The predicted molar refractivity (Wildman–Crippen MR) is 102 cm³/mol. The summed E-state index contributed by atoms with van der Waals surface area (Å²) >= 11 is 12.4. The van der Waals surface area contributed by atoms with Gasteiger partial charge in [0.2, 0.25) is 0 Å². The first kappa shape index (κ1) is 19.5. The van der Waals surface area contributed by atoms with Crippen LogP contribution in [0.25, 0.3) is 5.69 Å². The first-order valence-electron chi connectivity index (χ1n) is 8.44. The zero-order chi connectivity index (χ0) is 18.4. The van der Waals surface area contributed by atoms with E-state index in [4.69, 9.17) is 23.2 Å². The van der Waals surface area contributed by atoms with Gasteiger partial charge >= 0.3 is 5.97 Å². The van der Waals surface area contributed by atoms with Crippen molar-refractivity contribution in [2.45, 2.75) is 46.0 Å². The van der Waals surface area contributed by atoms with Gasteiger partial charge < -0.3 is 5.11 Å². The van der Waals surface area contributed by atoms with E-state index in [-0.39, 0.29) is 5.56 Å². The van der Waals surface area contributed by atoms with Gasteiger partial charge in [0.15, 0.2) is 0 Å². The van der Waals surface area contributed by atoms with E-state index in [2.05, 4.69) is 24.2 Å². The van der Waals surface area contributed by atoms with Crippen LogP contribution in [0.15, 0.2) is 30.4 Å². The van der Waals surface area contributed by atoms with Gasteiger partial charge in [0.05, 0.1) is 22.1 Å². The molecule has 0 radical (unpaired) electrons. The lowest BCUT2D eigenvalue weighted by atomic mass is 10.1. The molecule has 1 aromatic heterocycles. The first-order valence-corrected chi connectivity index (χ1v) is 9.19. The molecule has 0 atom stereocenters. The fourth-order valence-corrected chi connectivity index (χ4v) is 3.11. The number of nitrogens with zero attached hydrogens (tertiary/aromatic N) is 2. The second-order valence-corrected chi connectivity index (χ2v) is 6.59. The van der Waals surface area contributed by atoms with Crippen molar-refractivity contribution in [1.29, 1.82) is 0 Å². The van der Waals surface area contributed by atoms with Gasteiger partial charge in [-0.2, -0.15) is 5.10 Å². The molecule has 1 N–H and O–H groups in total. The third-order valence-electron chi connectivity index (χ3n) is 3.84. The summed E-state index contributed by atoms with van der Waals surface area (Å²) in [6.07, 6.45) is 7.80. The Morgan fingerprint density at radius 1 is 1.24 bits per heavy atom. The monoisotopic (exact) mass is 380 g/mol. The molecule has 0 aliphatic heterocycles. The summed E-state index contributed by atoms with van der Waals surface area (Å²) in [5, 5.41) is 15.3. The smallest absolute Gasteiger partial charge is 0.339 e. The van der Waals surface area contributed by atoms with Crippen LogP contribution in [0.4, 0.5) is 0 Å². The van der Waals surface area contributed by atoms with Crippen molar-refractivity contribution in [3.05, 3.63) is 57.3 Å². The van der Waals surface area contributed by atoms with Crippen LogP contribution in [-0.2, 0) is 12.8 Å². The number of carboxylic acid groups (broad SMARTS) is 1. The second-order valence-electron chi connectivity index (χ2n) is 5.75. The molecule has 1 aromatic carbocycles. The zero-order valence-corrected chi connectivity index (χ0v) is 15.9. The number of benzene rings is 1. The average Bonchev–Trinajstić information content (AvgIpc) is 2.92. The Bertz CT molecular complexity index is 782. The van der Waals surface area contributed by atoms with Gasteiger partial charge in [-0.25, -0.2) is 9.48 Å². The third kappa shape index (κ3) is 4.65. The first-order chi connectivity index (χ1) is 12.0. The number of carboxylic acids is 1. The molecule has 0 amide bonds. The van der Waals surface area contributed by atoms with Gasteiger partial charge in [-0.15, -0.1) is 0 Å². The molecule has 0 aliphatic carbocycles. The van der Waals surface area contributed by atoms with Crippen LogP contribution in [0.2, 0.25) is 10.0 Å². The Labute approximate surface area is 158 Å². The standard InChI is InChI=1S/C19H22Cl2N2O2/c1-3-5-6-7-9-15-18(19(24)25)16(8-4-2)23(22-15)17-12-13(20)10-11-14(17)21/h5-6,10-12H,3-4,7-9H2,1-2H3,(H,24,25). The van der Waals surface area contributed by atoms with Crippen LogP contribution in [-0.4, -0.2) is 20.9 Å². The number of aryl methyl sites for hydroxylation is 1. The second kappa shape index (κ2) is 9.07. The number of halogens is 2. The highest BCUT2D eigenvalue weighted by atomic mass is 35.5. The van der Waals surface area contributed by atoms with Gasteiger partial charge in [0, 0.05) is 5.02 Å². The highest BCUT2D eigenvalue weighted by Gasteiger charge is 2.24. The minimum absolute atomic E-state index is 0.280. The summed E-state index contributed by atoms with van der Waals surface area (Å²) in [4.78, 5) is 11.9. The van der Waals surface area contributed by atoms with Gasteiger partial charge in [-0.3, -0.25) is 0 Å².